The van der Waals surface area contributed by atoms with Crippen molar-refractivity contribution in [1.82, 2.24) is 0 Å². The fourth-order valence-electron chi connectivity index (χ4n) is 1.89. The molecule has 0 aliphatic rings. The molecule has 0 aromatic carbocycles. The van der Waals surface area contributed by atoms with Crippen LogP contribution in [0, 0.1) is 0 Å². The summed E-state index contributed by atoms with van der Waals surface area (Å²) in [6.07, 6.45) is -0.430. The first-order valence-electron chi connectivity index (χ1n) is 5.15. The van der Waals surface area contributed by atoms with E-state index in [4.69, 9.17) is 5.11 Å². The third kappa shape index (κ3) is 2.08. The summed E-state index contributed by atoms with van der Waals surface area (Å²) < 4.78 is 0. The topological polar surface area (TPSA) is 80.9 Å². The highest BCUT2D eigenvalue weighted by Gasteiger charge is 2.50. The maximum Gasteiger partial charge on any atom is 0.121 e. The molecule has 0 radical (unpaired) electrons. The van der Waals surface area contributed by atoms with Gasteiger partial charge >= 0.3 is 0 Å². The highest BCUT2D eigenvalue weighted by Crippen LogP contribution is 2.34. The number of rotatable bonds is 6. The zero-order chi connectivity index (χ0) is 11.4. The molecule has 0 aromatic heterocycles. The van der Waals surface area contributed by atoms with Crippen LogP contribution >= 0.6 is 0 Å². The van der Waals surface area contributed by atoms with Gasteiger partial charge in [-0.05, 0) is 19.3 Å². The fourth-order valence-corrected chi connectivity index (χ4v) is 1.89. The van der Waals surface area contributed by atoms with Crippen LogP contribution in [0.5, 0.6) is 0 Å². The Morgan fingerprint density at radius 2 is 1.43 bits per heavy atom. The molecule has 0 aliphatic heterocycles. The Hall–Kier alpha value is -0.160. The molecular formula is C10H22O4. The standard InChI is InChI=1S/C10H22O4/c1-4-9(13,5-2)10(14,6-3)8(12)7-11/h8,11-14H,4-7H2,1-3H3. The van der Waals surface area contributed by atoms with E-state index in [2.05, 4.69) is 0 Å². The molecule has 0 heterocycles. The van der Waals surface area contributed by atoms with Gasteiger partial charge in [0.25, 0.3) is 0 Å². The van der Waals surface area contributed by atoms with E-state index >= 15 is 0 Å². The van der Waals surface area contributed by atoms with Gasteiger partial charge in [0.1, 0.15) is 11.7 Å². The summed E-state index contributed by atoms with van der Waals surface area (Å²) in [5, 5.41) is 38.6. The van der Waals surface area contributed by atoms with Gasteiger partial charge in [0.05, 0.1) is 12.2 Å². The van der Waals surface area contributed by atoms with Gasteiger partial charge in [-0.15, -0.1) is 0 Å². The average molecular weight is 206 g/mol. The summed E-state index contributed by atoms with van der Waals surface area (Å²) in [4.78, 5) is 0. The first kappa shape index (κ1) is 13.8. The van der Waals surface area contributed by atoms with E-state index in [-0.39, 0.29) is 6.42 Å². The van der Waals surface area contributed by atoms with E-state index in [1.807, 2.05) is 0 Å². The minimum absolute atomic E-state index is 0.201. The highest BCUT2D eigenvalue weighted by atomic mass is 16.4. The monoisotopic (exact) mass is 206 g/mol. The quantitative estimate of drug-likeness (QED) is 0.494. The predicted molar refractivity (Wildman–Crippen MR) is 53.9 cm³/mol. The van der Waals surface area contributed by atoms with Crippen molar-refractivity contribution in [3.05, 3.63) is 0 Å². The van der Waals surface area contributed by atoms with E-state index in [0.717, 1.165) is 0 Å². The summed E-state index contributed by atoms with van der Waals surface area (Å²) in [7, 11) is 0. The van der Waals surface area contributed by atoms with E-state index in [0.29, 0.717) is 12.8 Å². The van der Waals surface area contributed by atoms with Crippen LogP contribution in [-0.4, -0.2) is 44.3 Å². The first-order chi connectivity index (χ1) is 6.41. The second-order valence-electron chi connectivity index (χ2n) is 3.71. The van der Waals surface area contributed by atoms with Crippen molar-refractivity contribution in [3.63, 3.8) is 0 Å². The Morgan fingerprint density at radius 1 is 1.00 bits per heavy atom. The predicted octanol–water partition coefficient (Wildman–Crippen LogP) is 0.0318. The fraction of sp³-hybridized carbons (Fsp3) is 1.00. The third-order valence-corrected chi connectivity index (χ3v) is 3.24. The first-order valence-corrected chi connectivity index (χ1v) is 5.15. The van der Waals surface area contributed by atoms with Crippen LogP contribution in [0.4, 0.5) is 0 Å². The lowest BCUT2D eigenvalue weighted by Gasteiger charge is -2.44. The SMILES string of the molecule is CCC(O)(CC)C(O)(CC)C(O)CO. The molecule has 86 valence electrons. The van der Waals surface area contributed by atoms with Gasteiger partial charge in [-0.2, -0.15) is 0 Å². The lowest BCUT2D eigenvalue weighted by Crippen LogP contribution is -2.61. The molecule has 0 aliphatic carbocycles. The van der Waals surface area contributed by atoms with Crippen LogP contribution in [0.3, 0.4) is 0 Å². The number of aliphatic hydroxyl groups is 4. The van der Waals surface area contributed by atoms with Crippen LogP contribution in [0.25, 0.3) is 0 Å². The molecule has 0 aromatic rings. The Bertz CT molecular complexity index is 168. The number of aliphatic hydroxyl groups excluding tert-OH is 2. The smallest absolute Gasteiger partial charge is 0.121 e. The van der Waals surface area contributed by atoms with Crippen molar-refractivity contribution < 1.29 is 20.4 Å². The summed E-state index contributed by atoms with van der Waals surface area (Å²) in [6, 6.07) is 0. The highest BCUT2D eigenvalue weighted by molar-refractivity contribution is 5.02. The van der Waals surface area contributed by atoms with E-state index < -0.39 is 23.9 Å². The molecule has 0 bridgehead atoms. The van der Waals surface area contributed by atoms with Gasteiger partial charge in [0.2, 0.25) is 0 Å². The number of hydrogen-bond donors (Lipinski definition) is 4. The zero-order valence-corrected chi connectivity index (χ0v) is 9.19. The Labute approximate surface area is 85.2 Å². The maximum absolute atomic E-state index is 10.1. The normalized spacial score (nSPS) is 19.1. The molecule has 14 heavy (non-hydrogen) atoms. The van der Waals surface area contributed by atoms with Crippen LogP contribution in [0.1, 0.15) is 40.0 Å². The van der Waals surface area contributed by atoms with Gasteiger partial charge in [0, 0.05) is 0 Å². The van der Waals surface area contributed by atoms with Crippen LogP contribution in [0.15, 0.2) is 0 Å². The molecule has 0 spiro atoms. The second-order valence-corrected chi connectivity index (χ2v) is 3.71. The van der Waals surface area contributed by atoms with Gasteiger partial charge in [-0.3, -0.25) is 0 Å². The largest absolute Gasteiger partial charge is 0.394 e. The molecule has 2 unspecified atom stereocenters. The van der Waals surface area contributed by atoms with Crippen molar-refractivity contribution in [2.75, 3.05) is 6.61 Å². The minimum atomic E-state index is -1.63. The second kappa shape index (κ2) is 5.07. The van der Waals surface area contributed by atoms with Crippen molar-refractivity contribution in [1.29, 1.82) is 0 Å². The molecule has 2 atom stereocenters. The minimum Gasteiger partial charge on any atom is -0.394 e. The molecule has 4 N–H and O–H groups in total. The maximum atomic E-state index is 10.1. The Balaban J connectivity index is 4.99. The van der Waals surface area contributed by atoms with Crippen molar-refractivity contribution in [2.24, 2.45) is 0 Å². The van der Waals surface area contributed by atoms with E-state index in [1.54, 1.807) is 20.8 Å². The van der Waals surface area contributed by atoms with Crippen LogP contribution < -0.4 is 0 Å². The molecule has 0 rings (SSSR count). The molecule has 4 heteroatoms. The molecule has 0 amide bonds. The summed E-state index contributed by atoms with van der Waals surface area (Å²) in [6.45, 7) is 4.62. The van der Waals surface area contributed by atoms with Crippen molar-refractivity contribution in [2.45, 2.75) is 57.3 Å². The summed E-state index contributed by atoms with van der Waals surface area (Å²) >= 11 is 0. The molecular weight excluding hydrogens is 184 g/mol. The van der Waals surface area contributed by atoms with Crippen molar-refractivity contribution >= 4 is 0 Å². The molecule has 0 fully saturated rings. The van der Waals surface area contributed by atoms with Crippen molar-refractivity contribution in [3.8, 4) is 0 Å². The van der Waals surface area contributed by atoms with E-state index in [9.17, 15) is 15.3 Å². The summed E-state index contributed by atoms with van der Waals surface area (Å²) in [5.41, 5.74) is -2.98. The van der Waals surface area contributed by atoms with Gasteiger partial charge < -0.3 is 20.4 Å². The van der Waals surface area contributed by atoms with E-state index in [1.165, 1.54) is 0 Å². The lowest BCUT2D eigenvalue weighted by atomic mass is 9.73. The van der Waals surface area contributed by atoms with Gasteiger partial charge in [-0.25, -0.2) is 0 Å². The average Bonchev–Trinajstić information content (AvgIpc) is 2.25. The number of hydrogen-bond acceptors (Lipinski definition) is 4. The van der Waals surface area contributed by atoms with Gasteiger partial charge in [0.15, 0.2) is 0 Å². The zero-order valence-electron chi connectivity index (χ0n) is 9.19. The van der Waals surface area contributed by atoms with Crippen LogP contribution in [-0.2, 0) is 0 Å². The van der Waals surface area contributed by atoms with Crippen LogP contribution in [0.2, 0.25) is 0 Å². The molecule has 0 saturated carbocycles. The molecule has 4 nitrogen and oxygen atoms in total. The summed E-state index contributed by atoms with van der Waals surface area (Å²) in [5.74, 6) is 0. The Morgan fingerprint density at radius 3 is 1.64 bits per heavy atom. The van der Waals surface area contributed by atoms with Gasteiger partial charge in [-0.1, -0.05) is 20.8 Å². The molecule has 0 saturated heterocycles. The Kier molecular flexibility index (Phi) is 5.01. The third-order valence-electron chi connectivity index (χ3n) is 3.24. The lowest BCUT2D eigenvalue weighted by molar-refractivity contribution is -0.214.